The maximum absolute atomic E-state index is 13.1. The second-order valence-electron chi connectivity index (χ2n) is 5.02. The molecule has 2 rings (SSSR count). The third-order valence-electron chi connectivity index (χ3n) is 3.78. The van der Waals surface area contributed by atoms with Crippen molar-refractivity contribution in [2.75, 3.05) is 5.32 Å². The van der Waals surface area contributed by atoms with E-state index in [9.17, 15) is 13.2 Å². The molecule has 0 amide bonds. The van der Waals surface area contributed by atoms with E-state index in [4.69, 9.17) is 0 Å². The molecule has 1 aromatic rings. The summed E-state index contributed by atoms with van der Waals surface area (Å²) in [6, 6.07) is 2.27. The lowest BCUT2D eigenvalue weighted by Gasteiger charge is -2.29. The highest BCUT2D eigenvalue weighted by atomic mass is 19.2. The molecule has 0 saturated heterocycles. The van der Waals surface area contributed by atoms with Gasteiger partial charge in [0.25, 0.3) is 0 Å². The highest BCUT2D eigenvalue weighted by Crippen LogP contribution is 2.29. The number of halogens is 3. The van der Waals surface area contributed by atoms with Crippen LogP contribution < -0.4 is 5.32 Å². The van der Waals surface area contributed by atoms with E-state index in [-0.39, 0.29) is 6.04 Å². The summed E-state index contributed by atoms with van der Waals surface area (Å²) in [5, 5.41) is 3.09. The number of benzene rings is 1. The van der Waals surface area contributed by atoms with E-state index in [1.807, 2.05) is 0 Å². The van der Waals surface area contributed by atoms with Gasteiger partial charge in [-0.15, -0.1) is 0 Å². The van der Waals surface area contributed by atoms with Crippen LogP contribution in [0.25, 0.3) is 0 Å². The molecule has 0 atom stereocenters. The molecule has 0 heterocycles. The highest BCUT2D eigenvalue weighted by Gasteiger charge is 2.20. The van der Waals surface area contributed by atoms with Crippen LogP contribution in [0.4, 0.5) is 18.9 Å². The van der Waals surface area contributed by atoms with Gasteiger partial charge < -0.3 is 5.32 Å². The zero-order valence-electron chi connectivity index (χ0n) is 10.5. The van der Waals surface area contributed by atoms with E-state index in [0.29, 0.717) is 5.69 Å². The van der Waals surface area contributed by atoms with E-state index >= 15 is 0 Å². The minimum absolute atomic E-state index is 0.233. The van der Waals surface area contributed by atoms with Gasteiger partial charge in [0.05, 0.1) is 0 Å². The second kappa shape index (κ2) is 5.63. The predicted octanol–water partition coefficient (Wildman–Crippen LogP) is 4.48. The molecule has 0 aliphatic heterocycles. The Morgan fingerprint density at radius 1 is 1.06 bits per heavy atom. The van der Waals surface area contributed by atoms with Crippen LogP contribution in [0, 0.1) is 23.4 Å². The Morgan fingerprint density at radius 2 is 1.61 bits per heavy atom. The fourth-order valence-electron chi connectivity index (χ4n) is 2.59. The predicted molar refractivity (Wildman–Crippen MR) is 66.0 cm³/mol. The zero-order valence-corrected chi connectivity index (χ0v) is 10.5. The van der Waals surface area contributed by atoms with Crippen LogP contribution in [0.5, 0.6) is 0 Å². The average Bonchev–Trinajstić information content (AvgIpc) is 2.37. The monoisotopic (exact) mass is 257 g/mol. The van der Waals surface area contributed by atoms with Crippen LogP contribution in [0.15, 0.2) is 12.1 Å². The summed E-state index contributed by atoms with van der Waals surface area (Å²) in [5.74, 6) is -2.92. The number of rotatable bonds is 3. The van der Waals surface area contributed by atoms with E-state index in [2.05, 4.69) is 12.2 Å². The molecule has 0 unspecified atom stereocenters. The van der Waals surface area contributed by atoms with Gasteiger partial charge in [0.15, 0.2) is 17.5 Å². The smallest absolute Gasteiger partial charge is 0.194 e. The fraction of sp³-hybridized carbons (Fsp3) is 0.571. The Balaban J connectivity index is 1.98. The maximum Gasteiger partial charge on any atom is 0.194 e. The van der Waals surface area contributed by atoms with E-state index in [1.165, 1.54) is 6.42 Å². The molecule has 100 valence electrons. The van der Waals surface area contributed by atoms with Crippen molar-refractivity contribution in [2.45, 2.75) is 45.1 Å². The van der Waals surface area contributed by atoms with Crippen LogP contribution >= 0.6 is 0 Å². The Hall–Kier alpha value is -1.19. The summed E-state index contributed by atoms with van der Waals surface area (Å²) in [4.78, 5) is 0. The molecule has 0 bridgehead atoms. The van der Waals surface area contributed by atoms with E-state index < -0.39 is 17.5 Å². The minimum Gasteiger partial charge on any atom is -0.382 e. The largest absolute Gasteiger partial charge is 0.382 e. The van der Waals surface area contributed by atoms with Gasteiger partial charge in [-0.1, -0.05) is 13.3 Å². The first kappa shape index (κ1) is 13.2. The number of nitrogens with one attached hydrogen (secondary N) is 1. The SMILES string of the molecule is CCC1CCC(Nc2cc(F)c(F)c(F)c2)CC1. The first-order valence-corrected chi connectivity index (χ1v) is 6.51. The lowest BCUT2D eigenvalue weighted by molar-refractivity contribution is 0.330. The molecule has 1 aliphatic rings. The van der Waals surface area contributed by atoms with Gasteiger partial charge in [0.2, 0.25) is 0 Å². The molecular weight excluding hydrogens is 239 g/mol. The number of hydrogen-bond acceptors (Lipinski definition) is 1. The summed E-state index contributed by atoms with van der Waals surface area (Å²) in [7, 11) is 0. The molecule has 1 nitrogen and oxygen atoms in total. The number of anilines is 1. The summed E-state index contributed by atoms with van der Waals surface area (Å²) in [6.45, 7) is 2.18. The molecule has 1 N–H and O–H groups in total. The summed E-state index contributed by atoms with van der Waals surface area (Å²) in [6.07, 6.45) is 5.46. The lowest BCUT2D eigenvalue weighted by atomic mass is 9.84. The zero-order chi connectivity index (χ0) is 13.1. The molecule has 18 heavy (non-hydrogen) atoms. The summed E-state index contributed by atoms with van der Waals surface area (Å²) >= 11 is 0. The third kappa shape index (κ3) is 2.98. The molecule has 0 aromatic heterocycles. The van der Waals surface area contributed by atoms with Gasteiger partial charge in [0.1, 0.15) is 0 Å². The lowest BCUT2D eigenvalue weighted by Crippen LogP contribution is -2.26. The van der Waals surface area contributed by atoms with Crippen LogP contribution in [0.2, 0.25) is 0 Å². The van der Waals surface area contributed by atoms with Crippen molar-refractivity contribution in [3.8, 4) is 0 Å². The molecule has 1 saturated carbocycles. The van der Waals surface area contributed by atoms with Gasteiger partial charge in [-0.2, -0.15) is 0 Å². The minimum atomic E-state index is -1.41. The fourth-order valence-corrected chi connectivity index (χ4v) is 2.59. The van der Waals surface area contributed by atoms with Crippen molar-refractivity contribution in [2.24, 2.45) is 5.92 Å². The Kier molecular flexibility index (Phi) is 4.15. The maximum atomic E-state index is 13.1. The van der Waals surface area contributed by atoms with Gasteiger partial charge in [-0.25, -0.2) is 13.2 Å². The topological polar surface area (TPSA) is 12.0 Å². The van der Waals surface area contributed by atoms with Gasteiger partial charge >= 0.3 is 0 Å². The van der Waals surface area contributed by atoms with Crippen LogP contribution in [0.1, 0.15) is 39.0 Å². The standard InChI is InChI=1S/C14H18F3N/c1-2-9-3-5-10(6-4-9)18-11-7-12(15)14(17)13(16)8-11/h7-10,18H,2-6H2,1H3. The van der Waals surface area contributed by atoms with E-state index in [1.54, 1.807) is 0 Å². The Labute approximate surface area is 105 Å². The highest BCUT2D eigenvalue weighted by molar-refractivity contribution is 5.45. The van der Waals surface area contributed by atoms with Crippen molar-refractivity contribution < 1.29 is 13.2 Å². The Bertz CT molecular complexity index is 388. The summed E-state index contributed by atoms with van der Waals surface area (Å²) in [5.41, 5.74) is 0.325. The first-order valence-electron chi connectivity index (χ1n) is 6.51. The first-order chi connectivity index (χ1) is 8.60. The van der Waals surface area contributed by atoms with Crippen LogP contribution in [-0.2, 0) is 0 Å². The average molecular weight is 257 g/mol. The van der Waals surface area contributed by atoms with E-state index in [0.717, 1.165) is 43.7 Å². The Morgan fingerprint density at radius 3 is 2.11 bits per heavy atom. The van der Waals surface area contributed by atoms with Crippen molar-refractivity contribution in [1.29, 1.82) is 0 Å². The van der Waals surface area contributed by atoms with Crippen molar-refractivity contribution >= 4 is 5.69 Å². The van der Waals surface area contributed by atoms with Crippen molar-refractivity contribution in [3.63, 3.8) is 0 Å². The quantitative estimate of drug-likeness (QED) is 0.787. The second-order valence-corrected chi connectivity index (χ2v) is 5.02. The van der Waals surface area contributed by atoms with Gasteiger partial charge in [0, 0.05) is 23.9 Å². The van der Waals surface area contributed by atoms with Crippen molar-refractivity contribution in [1.82, 2.24) is 0 Å². The summed E-state index contributed by atoms with van der Waals surface area (Å²) < 4.78 is 38.9. The normalized spacial score (nSPS) is 24.0. The van der Waals surface area contributed by atoms with Crippen LogP contribution in [0.3, 0.4) is 0 Å². The number of hydrogen-bond donors (Lipinski definition) is 1. The molecule has 1 aromatic carbocycles. The molecule has 1 aliphatic carbocycles. The molecule has 4 heteroatoms. The molecule has 0 radical (unpaired) electrons. The van der Waals surface area contributed by atoms with Gasteiger partial charge in [-0.05, 0) is 31.6 Å². The third-order valence-corrected chi connectivity index (χ3v) is 3.78. The van der Waals surface area contributed by atoms with Gasteiger partial charge in [-0.3, -0.25) is 0 Å². The molecule has 1 fully saturated rings. The van der Waals surface area contributed by atoms with Crippen molar-refractivity contribution in [3.05, 3.63) is 29.6 Å². The van der Waals surface area contributed by atoms with Crippen LogP contribution in [-0.4, -0.2) is 6.04 Å². The molecular formula is C14H18F3N. The molecule has 0 spiro atoms.